The van der Waals surface area contributed by atoms with Gasteiger partial charge in [0.25, 0.3) is 11.8 Å². The average Bonchev–Trinajstić information content (AvgIpc) is 3.51. The average molecular weight is 446 g/mol. The second-order valence-electron chi connectivity index (χ2n) is 6.51. The summed E-state index contributed by atoms with van der Waals surface area (Å²) in [5.74, 6) is -0.424. The highest BCUT2D eigenvalue weighted by atomic mass is 79.9. The Morgan fingerprint density at radius 3 is 2.54 bits per heavy atom. The molecular weight excluding hydrogens is 426 g/mol. The molecule has 0 aliphatic heterocycles. The lowest BCUT2D eigenvalue weighted by atomic mass is 10.2. The van der Waals surface area contributed by atoms with Crippen LogP contribution in [0.2, 0.25) is 0 Å². The van der Waals surface area contributed by atoms with Gasteiger partial charge in [0.05, 0.1) is 0 Å². The number of carbonyl (C=O) groups is 3. The zero-order valence-corrected chi connectivity index (χ0v) is 16.8. The summed E-state index contributed by atoms with van der Waals surface area (Å²) >= 11 is 3.33. The molecule has 0 saturated heterocycles. The molecule has 0 heterocycles. The first kappa shape index (κ1) is 19.9. The maximum atomic E-state index is 12.3. The minimum absolute atomic E-state index is 0.0376. The minimum atomic E-state index is -0.807. The van der Waals surface area contributed by atoms with E-state index in [0.717, 1.165) is 17.3 Å². The minimum Gasteiger partial charge on any atom is -0.481 e. The highest BCUT2D eigenvalue weighted by Crippen LogP contribution is 2.30. The van der Waals surface area contributed by atoms with Gasteiger partial charge >= 0.3 is 0 Å². The smallest absolute Gasteiger partial charge is 0.279 e. The number of anilines is 1. The number of rotatable bonds is 6. The van der Waals surface area contributed by atoms with Crippen molar-refractivity contribution < 1.29 is 19.1 Å². The molecule has 3 amide bonds. The summed E-state index contributed by atoms with van der Waals surface area (Å²) in [7, 11) is 0. The van der Waals surface area contributed by atoms with E-state index in [1.807, 2.05) is 6.07 Å². The number of benzene rings is 2. The van der Waals surface area contributed by atoms with Crippen LogP contribution in [0.5, 0.6) is 5.75 Å². The summed E-state index contributed by atoms with van der Waals surface area (Å²) in [6, 6.07) is 13.6. The van der Waals surface area contributed by atoms with E-state index >= 15 is 0 Å². The zero-order valence-electron chi connectivity index (χ0n) is 15.2. The van der Waals surface area contributed by atoms with E-state index in [1.54, 1.807) is 49.4 Å². The first-order valence-corrected chi connectivity index (χ1v) is 9.65. The number of amides is 3. The molecule has 3 rings (SSSR count). The lowest BCUT2D eigenvalue weighted by Crippen LogP contribution is -2.47. The molecule has 1 unspecified atom stereocenters. The summed E-state index contributed by atoms with van der Waals surface area (Å²) in [4.78, 5) is 36.2. The molecular formula is C20H20BrN3O4. The maximum absolute atomic E-state index is 12.3. The van der Waals surface area contributed by atoms with Crippen LogP contribution >= 0.6 is 15.9 Å². The quantitative estimate of drug-likeness (QED) is 0.595. The van der Waals surface area contributed by atoms with Crippen molar-refractivity contribution in [3.8, 4) is 5.75 Å². The van der Waals surface area contributed by atoms with Crippen molar-refractivity contribution in [2.75, 3.05) is 5.32 Å². The lowest BCUT2D eigenvalue weighted by Gasteiger charge is -2.15. The van der Waals surface area contributed by atoms with Crippen LogP contribution in [0, 0.1) is 5.92 Å². The summed E-state index contributed by atoms with van der Waals surface area (Å²) in [5, 5.41) is 2.78. The molecule has 146 valence electrons. The van der Waals surface area contributed by atoms with Crippen molar-refractivity contribution in [1.29, 1.82) is 0 Å². The topological polar surface area (TPSA) is 96.5 Å². The third-order valence-electron chi connectivity index (χ3n) is 4.12. The third kappa shape index (κ3) is 5.56. The number of carbonyl (C=O) groups excluding carboxylic acids is 3. The van der Waals surface area contributed by atoms with Gasteiger partial charge < -0.3 is 10.1 Å². The number of hydrazine groups is 1. The Morgan fingerprint density at radius 2 is 1.82 bits per heavy atom. The van der Waals surface area contributed by atoms with Crippen LogP contribution in [0.25, 0.3) is 0 Å². The Balaban J connectivity index is 1.51. The van der Waals surface area contributed by atoms with Gasteiger partial charge in [0, 0.05) is 21.6 Å². The molecule has 1 saturated carbocycles. The maximum Gasteiger partial charge on any atom is 0.279 e. The molecule has 1 aliphatic rings. The van der Waals surface area contributed by atoms with Crippen LogP contribution in [0.4, 0.5) is 5.69 Å². The van der Waals surface area contributed by atoms with Crippen molar-refractivity contribution in [2.45, 2.75) is 25.9 Å². The summed E-state index contributed by atoms with van der Waals surface area (Å²) < 4.78 is 6.38. The van der Waals surface area contributed by atoms with Crippen LogP contribution in [0.1, 0.15) is 30.1 Å². The Hall–Kier alpha value is -2.87. The van der Waals surface area contributed by atoms with E-state index in [1.165, 1.54) is 0 Å². The fourth-order valence-corrected chi connectivity index (χ4v) is 2.80. The predicted octanol–water partition coefficient (Wildman–Crippen LogP) is 3.03. The highest BCUT2D eigenvalue weighted by Gasteiger charge is 2.29. The van der Waals surface area contributed by atoms with Gasteiger partial charge in [0.15, 0.2) is 6.10 Å². The van der Waals surface area contributed by atoms with Crippen LogP contribution < -0.4 is 20.9 Å². The number of nitrogens with one attached hydrogen (secondary N) is 3. The van der Waals surface area contributed by atoms with Gasteiger partial charge in [-0.25, -0.2) is 0 Å². The van der Waals surface area contributed by atoms with Crippen LogP contribution in [0.15, 0.2) is 53.0 Å². The molecule has 28 heavy (non-hydrogen) atoms. The normalized spacial score (nSPS) is 13.9. The standard InChI is InChI=1S/C20H20BrN3O4/c1-12(28-17-7-3-5-15(21)11-17)18(25)23-24-20(27)14-4-2-6-16(10-14)22-19(26)13-8-9-13/h2-7,10-13H,8-9H2,1H3,(H,22,26)(H,23,25)(H,24,27). The monoisotopic (exact) mass is 445 g/mol. The zero-order chi connectivity index (χ0) is 20.1. The molecule has 0 spiro atoms. The van der Waals surface area contributed by atoms with Crippen molar-refractivity contribution in [3.05, 3.63) is 58.6 Å². The van der Waals surface area contributed by atoms with Crippen LogP contribution in [0.3, 0.4) is 0 Å². The summed E-state index contributed by atoms with van der Waals surface area (Å²) in [5.41, 5.74) is 5.55. The lowest BCUT2D eigenvalue weighted by molar-refractivity contribution is -0.128. The van der Waals surface area contributed by atoms with Gasteiger partial charge in [-0.1, -0.05) is 28.1 Å². The van der Waals surface area contributed by atoms with Gasteiger partial charge in [-0.05, 0) is 56.2 Å². The van der Waals surface area contributed by atoms with Gasteiger partial charge in [0.1, 0.15) is 5.75 Å². The molecule has 1 atom stereocenters. The summed E-state index contributed by atoms with van der Waals surface area (Å²) in [6.45, 7) is 1.58. The number of ether oxygens (including phenoxy) is 1. The van der Waals surface area contributed by atoms with Gasteiger partial charge in [0.2, 0.25) is 5.91 Å². The fourth-order valence-electron chi connectivity index (χ4n) is 2.42. The van der Waals surface area contributed by atoms with Crippen molar-refractivity contribution >= 4 is 39.3 Å². The third-order valence-corrected chi connectivity index (χ3v) is 4.61. The first-order valence-electron chi connectivity index (χ1n) is 8.86. The molecule has 3 N–H and O–H groups in total. The van der Waals surface area contributed by atoms with E-state index in [-0.39, 0.29) is 11.8 Å². The van der Waals surface area contributed by atoms with Gasteiger partial charge in [-0.3, -0.25) is 25.2 Å². The second-order valence-corrected chi connectivity index (χ2v) is 7.42. The Bertz CT molecular complexity index is 899. The molecule has 7 nitrogen and oxygen atoms in total. The van der Waals surface area contributed by atoms with E-state index < -0.39 is 17.9 Å². The SMILES string of the molecule is CC(Oc1cccc(Br)c1)C(=O)NNC(=O)c1cccc(NC(=O)C2CC2)c1. The van der Waals surface area contributed by atoms with E-state index in [4.69, 9.17) is 4.74 Å². The molecule has 1 fully saturated rings. The van der Waals surface area contributed by atoms with Crippen molar-refractivity contribution in [2.24, 2.45) is 5.92 Å². The first-order chi connectivity index (χ1) is 13.4. The molecule has 1 aliphatic carbocycles. The van der Waals surface area contributed by atoms with Crippen LogP contribution in [-0.4, -0.2) is 23.8 Å². The van der Waals surface area contributed by atoms with Gasteiger partial charge in [-0.2, -0.15) is 0 Å². The molecule has 2 aromatic carbocycles. The van der Waals surface area contributed by atoms with E-state index in [0.29, 0.717) is 17.0 Å². The van der Waals surface area contributed by atoms with Crippen LogP contribution in [-0.2, 0) is 9.59 Å². The Labute approximate surface area is 170 Å². The fraction of sp³-hybridized carbons (Fsp3) is 0.250. The summed E-state index contributed by atoms with van der Waals surface area (Å²) in [6.07, 6.45) is 0.995. The molecule has 0 aromatic heterocycles. The van der Waals surface area contributed by atoms with E-state index in [2.05, 4.69) is 32.1 Å². The highest BCUT2D eigenvalue weighted by molar-refractivity contribution is 9.10. The number of hydrogen-bond donors (Lipinski definition) is 3. The van der Waals surface area contributed by atoms with Gasteiger partial charge in [-0.15, -0.1) is 0 Å². The Morgan fingerprint density at radius 1 is 1.07 bits per heavy atom. The number of hydrogen-bond acceptors (Lipinski definition) is 4. The van der Waals surface area contributed by atoms with Crippen molar-refractivity contribution in [1.82, 2.24) is 10.9 Å². The van der Waals surface area contributed by atoms with E-state index in [9.17, 15) is 14.4 Å². The molecule has 0 radical (unpaired) electrons. The predicted molar refractivity (Wildman–Crippen MR) is 108 cm³/mol. The number of halogens is 1. The van der Waals surface area contributed by atoms with Crippen molar-refractivity contribution in [3.63, 3.8) is 0 Å². The molecule has 0 bridgehead atoms. The largest absolute Gasteiger partial charge is 0.481 e. The molecule has 8 heteroatoms. The molecule has 2 aromatic rings. The Kier molecular flexibility index (Phi) is 6.30. The second kappa shape index (κ2) is 8.88.